The Labute approximate surface area is 177 Å². The topological polar surface area (TPSA) is 38.3 Å². The molecule has 29 heavy (non-hydrogen) atoms. The summed E-state index contributed by atoms with van der Waals surface area (Å²) in [4.78, 5) is 11.6. The number of benzene rings is 2. The number of nitrogens with one attached hydrogen (secondary N) is 1. The van der Waals surface area contributed by atoms with E-state index >= 15 is 0 Å². The molecule has 0 fully saturated rings. The average molecular weight is 398 g/mol. The summed E-state index contributed by atoms with van der Waals surface area (Å²) >= 11 is 0. The second kappa shape index (κ2) is 12.6. The zero-order valence-electron chi connectivity index (χ0n) is 19.1. The lowest BCUT2D eigenvalue weighted by Gasteiger charge is -2.28. The molecule has 3 nitrogen and oxygen atoms in total. The van der Waals surface area contributed by atoms with Crippen molar-refractivity contribution in [3.8, 4) is 0 Å². The Bertz CT molecular complexity index is 712. The van der Waals surface area contributed by atoms with Crippen molar-refractivity contribution in [2.24, 2.45) is 5.41 Å². The van der Waals surface area contributed by atoms with Crippen molar-refractivity contribution in [1.29, 1.82) is 0 Å². The summed E-state index contributed by atoms with van der Waals surface area (Å²) in [5, 5.41) is 3.24. The second-order valence-corrected chi connectivity index (χ2v) is 8.87. The second-order valence-electron chi connectivity index (χ2n) is 8.87. The SMILES string of the molecule is CNCC(C)(C)CCC[C@@](C)(C=O)c1cccc(C)c1.COCc1ccccc1. The van der Waals surface area contributed by atoms with Crippen molar-refractivity contribution in [3.63, 3.8) is 0 Å². The highest BCUT2D eigenvalue weighted by Gasteiger charge is 2.27. The van der Waals surface area contributed by atoms with Crippen LogP contribution in [0.15, 0.2) is 54.6 Å². The van der Waals surface area contributed by atoms with Crippen LogP contribution in [0.25, 0.3) is 0 Å². The molecule has 0 bridgehead atoms. The molecule has 0 spiro atoms. The Kier molecular flexibility index (Phi) is 10.9. The minimum atomic E-state index is -0.359. The molecule has 0 unspecified atom stereocenters. The van der Waals surface area contributed by atoms with Crippen molar-refractivity contribution < 1.29 is 9.53 Å². The highest BCUT2D eigenvalue weighted by atomic mass is 16.5. The van der Waals surface area contributed by atoms with Gasteiger partial charge in [-0.25, -0.2) is 0 Å². The number of carbonyl (C=O) groups excluding carboxylic acids is 1. The van der Waals surface area contributed by atoms with Crippen molar-refractivity contribution in [2.45, 2.75) is 59.0 Å². The largest absolute Gasteiger partial charge is 0.380 e. The standard InChI is InChI=1S/C18H29NO.C8H10O/c1-15-8-6-9-16(12-15)18(4,14-20)11-7-10-17(2,3)13-19-5;1-9-7-8-5-3-2-4-6-8/h6,8-9,12,14,19H,7,10-11,13H2,1-5H3;2-6H,7H2,1H3/t18-;/m0./s1. The van der Waals surface area contributed by atoms with Crippen LogP contribution in [-0.2, 0) is 21.6 Å². The number of aldehydes is 1. The van der Waals surface area contributed by atoms with Gasteiger partial charge in [-0.05, 0) is 56.8 Å². The minimum Gasteiger partial charge on any atom is -0.380 e. The molecular formula is C26H39NO2. The molecule has 2 rings (SSSR count). The van der Waals surface area contributed by atoms with Gasteiger partial charge >= 0.3 is 0 Å². The van der Waals surface area contributed by atoms with E-state index in [-0.39, 0.29) is 10.8 Å². The molecule has 3 heteroatoms. The first-order chi connectivity index (χ1) is 13.8. The van der Waals surface area contributed by atoms with Gasteiger partial charge in [0.25, 0.3) is 0 Å². The molecule has 0 heterocycles. The predicted octanol–water partition coefficient (Wildman–Crippen LogP) is 5.70. The Morgan fingerprint density at radius 1 is 1.00 bits per heavy atom. The van der Waals surface area contributed by atoms with E-state index < -0.39 is 0 Å². The van der Waals surface area contributed by atoms with Crippen LogP contribution in [0.4, 0.5) is 0 Å². The lowest BCUT2D eigenvalue weighted by Crippen LogP contribution is -2.28. The molecule has 0 aliphatic rings. The van der Waals surface area contributed by atoms with Crippen LogP contribution in [0.5, 0.6) is 0 Å². The van der Waals surface area contributed by atoms with Crippen LogP contribution in [-0.4, -0.2) is 27.0 Å². The van der Waals surface area contributed by atoms with Gasteiger partial charge in [-0.2, -0.15) is 0 Å². The van der Waals surface area contributed by atoms with Gasteiger partial charge in [0.1, 0.15) is 6.29 Å². The first-order valence-electron chi connectivity index (χ1n) is 10.5. The first kappa shape index (κ1) is 25.1. The zero-order valence-corrected chi connectivity index (χ0v) is 19.1. The van der Waals surface area contributed by atoms with Crippen LogP contribution in [0.2, 0.25) is 0 Å². The summed E-state index contributed by atoms with van der Waals surface area (Å²) in [5.41, 5.74) is 3.50. The van der Waals surface area contributed by atoms with Gasteiger partial charge in [0, 0.05) is 12.5 Å². The number of carbonyl (C=O) groups is 1. The number of rotatable bonds is 10. The van der Waals surface area contributed by atoms with E-state index in [1.807, 2.05) is 43.4 Å². The van der Waals surface area contributed by atoms with Gasteiger partial charge in [-0.3, -0.25) is 0 Å². The molecule has 1 atom stereocenters. The number of hydrogen-bond acceptors (Lipinski definition) is 3. The van der Waals surface area contributed by atoms with Crippen LogP contribution < -0.4 is 5.32 Å². The van der Waals surface area contributed by atoms with E-state index in [1.54, 1.807) is 7.11 Å². The van der Waals surface area contributed by atoms with Crippen LogP contribution >= 0.6 is 0 Å². The molecule has 0 radical (unpaired) electrons. The Morgan fingerprint density at radius 3 is 2.24 bits per heavy atom. The summed E-state index contributed by atoms with van der Waals surface area (Å²) in [7, 11) is 3.69. The maximum Gasteiger partial charge on any atom is 0.130 e. The maximum absolute atomic E-state index is 11.6. The predicted molar refractivity (Wildman–Crippen MR) is 123 cm³/mol. The zero-order chi connectivity index (χ0) is 21.8. The lowest BCUT2D eigenvalue weighted by atomic mass is 9.77. The molecule has 0 aromatic heterocycles. The number of ether oxygens (including phenoxy) is 1. The Morgan fingerprint density at radius 2 is 1.69 bits per heavy atom. The van der Waals surface area contributed by atoms with E-state index in [1.165, 1.54) is 11.1 Å². The molecule has 1 N–H and O–H groups in total. The number of aryl methyl sites for hydroxylation is 1. The molecule has 2 aromatic rings. The summed E-state index contributed by atoms with van der Waals surface area (Å²) in [6.45, 7) is 10.4. The first-order valence-corrected chi connectivity index (χ1v) is 10.5. The van der Waals surface area contributed by atoms with E-state index in [2.05, 4.69) is 51.2 Å². The lowest BCUT2D eigenvalue weighted by molar-refractivity contribution is -0.112. The summed E-state index contributed by atoms with van der Waals surface area (Å²) in [5.74, 6) is 0. The fourth-order valence-electron chi connectivity index (χ4n) is 3.51. The summed E-state index contributed by atoms with van der Waals surface area (Å²) in [6, 6.07) is 18.4. The maximum atomic E-state index is 11.6. The highest BCUT2D eigenvalue weighted by Crippen LogP contribution is 2.31. The van der Waals surface area contributed by atoms with Gasteiger partial charge < -0.3 is 14.8 Å². The molecule has 0 saturated carbocycles. The van der Waals surface area contributed by atoms with Gasteiger partial charge in [0.15, 0.2) is 0 Å². The highest BCUT2D eigenvalue weighted by molar-refractivity contribution is 5.68. The third-order valence-electron chi connectivity index (χ3n) is 5.30. The van der Waals surface area contributed by atoms with Crippen LogP contribution in [0.3, 0.4) is 0 Å². The molecule has 0 amide bonds. The van der Waals surface area contributed by atoms with Gasteiger partial charge in [0.2, 0.25) is 0 Å². The molecule has 0 aliphatic carbocycles. The van der Waals surface area contributed by atoms with E-state index in [9.17, 15) is 4.79 Å². The third kappa shape index (κ3) is 9.38. The van der Waals surface area contributed by atoms with Gasteiger partial charge in [-0.15, -0.1) is 0 Å². The molecule has 160 valence electrons. The van der Waals surface area contributed by atoms with E-state index in [0.29, 0.717) is 6.61 Å². The normalized spacial score (nSPS) is 13.2. The van der Waals surface area contributed by atoms with Gasteiger partial charge in [0.05, 0.1) is 6.61 Å². The molecule has 2 aromatic carbocycles. The summed E-state index contributed by atoms with van der Waals surface area (Å²) in [6.07, 6.45) is 4.22. The fraction of sp³-hybridized carbons (Fsp3) is 0.500. The van der Waals surface area contributed by atoms with Crippen LogP contribution in [0.1, 0.15) is 56.7 Å². The van der Waals surface area contributed by atoms with Crippen molar-refractivity contribution in [1.82, 2.24) is 5.32 Å². The smallest absolute Gasteiger partial charge is 0.130 e. The minimum absolute atomic E-state index is 0.283. The van der Waals surface area contributed by atoms with E-state index in [4.69, 9.17) is 4.74 Å². The average Bonchev–Trinajstić information content (AvgIpc) is 2.69. The van der Waals surface area contributed by atoms with E-state index in [0.717, 1.165) is 37.7 Å². The Balaban J connectivity index is 0.000000387. The summed E-state index contributed by atoms with van der Waals surface area (Å²) < 4.78 is 4.93. The molecule has 0 saturated heterocycles. The number of methoxy groups -OCH3 is 1. The fourth-order valence-corrected chi connectivity index (χ4v) is 3.51. The number of hydrogen-bond donors (Lipinski definition) is 1. The van der Waals surface area contributed by atoms with Crippen molar-refractivity contribution >= 4 is 6.29 Å². The van der Waals surface area contributed by atoms with Gasteiger partial charge in [-0.1, -0.05) is 80.4 Å². The third-order valence-corrected chi connectivity index (χ3v) is 5.30. The molecular weight excluding hydrogens is 358 g/mol. The Hall–Kier alpha value is -1.97. The van der Waals surface area contributed by atoms with Crippen molar-refractivity contribution in [2.75, 3.05) is 20.7 Å². The van der Waals surface area contributed by atoms with Crippen molar-refractivity contribution in [3.05, 3.63) is 71.3 Å². The monoisotopic (exact) mass is 397 g/mol. The van der Waals surface area contributed by atoms with Crippen LogP contribution in [0, 0.1) is 12.3 Å². The molecule has 0 aliphatic heterocycles. The quantitative estimate of drug-likeness (QED) is 0.523.